The number of carbonyl (C=O) groups excluding carboxylic acids is 3. The van der Waals surface area contributed by atoms with Crippen molar-refractivity contribution in [3.63, 3.8) is 0 Å². The monoisotopic (exact) mass is 295 g/mol. The summed E-state index contributed by atoms with van der Waals surface area (Å²) in [4.78, 5) is 40.3. The van der Waals surface area contributed by atoms with Gasteiger partial charge in [-0.1, -0.05) is 0 Å². The van der Waals surface area contributed by atoms with E-state index in [2.05, 4.69) is 0 Å². The van der Waals surface area contributed by atoms with E-state index >= 15 is 0 Å². The van der Waals surface area contributed by atoms with Crippen molar-refractivity contribution in [2.75, 3.05) is 0 Å². The molecule has 1 saturated heterocycles. The number of ether oxygens (including phenoxy) is 2. The number of rotatable bonds is 0. The van der Waals surface area contributed by atoms with Crippen LogP contribution in [-0.4, -0.2) is 38.8 Å². The number of hydrogen-bond donors (Lipinski definition) is 2. The van der Waals surface area contributed by atoms with Crippen LogP contribution in [0, 0.1) is 0 Å². The zero-order chi connectivity index (χ0) is 15.2. The van der Waals surface area contributed by atoms with E-state index in [4.69, 9.17) is 14.3 Å². The Hall–Kier alpha value is -2.81. The minimum Gasteiger partial charge on any atom is -0.508 e. The molecule has 9 nitrogen and oxygen atoms in total. The SMILES string of the molecule is O=C1CC2(O)CC(=O)ON3C=CC(O)=CC(=C3OC2=O)O1. The Morgan fingerprint density at radius 2 is 1.86 bits per heavy atom. The highest BCUT2D eigenvalue weighted by Crippen LogP contribution is 2.32. The molecule has 2 bridgehead atoms. The lowest BCUT2D eigenvalue weighted by atomic mass is 9.95. The van der Waals surface area contributed by atoms with Crippen molar-refractivity contribution < 1.29 is 38.9 Å². The van der Waals surface area contributed by atoms with Gasteiger partial charge in [0.2, 0.25) is 0 Å². The predicted molar refractivity (Wildman–Crippen MR) is 61.2 cm³/mol. The maximum Gasteiger partial charge on any atom is 0.346 e. The van der Waals surface area contributed by atoms with Crippen LogP contribution < -0.4 is 0 Å². The highest BCUT2D eigenvalue weighted by molar-refractivity contribution is 5.91. The molecule has 0 amide bonds. The van der Waals surface area contributed by atoms with Crippen molar-refractivity contribution in [3.05, 3.63) is 35.8 Å². The van der Waals surface area contributed by atoms with Gasteiger partial charge in [0.1, 0.15) is 5.76 Å². The molecule has 3 heterocycles. The molecule has 0 aromatic heterocycles. The van der Waals surface area contributed by atoms with E-state index in [1.54, 1.807) is 0 Å². The zero-order valence-electron chi connectivity index (χ0n) is 10.4. The van der Waals surface area contributed by atoms with Crippen LogP contribution in [0.3, 0.4) is 0 Å². The van der Waals surface area contributed by atoms with E-state index in [1.165, 1.54) is 0 Å². The van der Waals surface area contributed by atoms with Crippen LogP contribution in [0.25, 0.3) is 0 Å². The van der Waals surface area contributed by atoms with Crippen LogP contribution in [0.4, 0.5) is 0 Å². The van der Waals surface area contributed by atoms with Crippen molar-refractivity contribution in [2.45, 2.75) is 18.4 Å². The molecule has 110 valence electrons. The summed E-state index contributed by atoms with van der Waals surface area (Å²) in [5, 5.41) is 20.4. The molecule has 0 radical (unpaired) electrons. The van der Waals surface area contributed by atoms with E-state index in [0.29, 0.717) is 0 Å². The van der Waals surface area contributed by atoms with Crippen LogP contribution in [0.15, 0.2) is 35.8 Å². The smallest absolute Gasteiger partial charge is 0.346 e. The Labute approximate surface area is 117 Å². The maximum atomic E-state index is 12.0. The van der Waals surface area contributed by atoms with Gasteiger partial charge < -0.3 is 24.5 Å². The number of hydrogen-bond acceptors (Lipinski definition) is 9. The average molecular weight is 295 g/mol. The molecule has 3 rings (SSSR count). The fraction of sp³-hybridized carbons (Fsp3) is 0.250. The summed E-state index contributed by atoms with van der Waals surface area (Å²) in [7, 11) is 0. The van der Waals surface area contributed by atoms with Gasteiger partial charge in [0.25, 0.3) is 5.88 Å². The number of nitrogens with zero attached hydrogens (tertiary/aromatic N) is 1. The minimum absolute atomic E-state index is 0.319. The first-order chi connectivity index (χ1) is 9.87. The molecule has 3 aliphatic heterocycles. The predicted octanol–water partition coefficient (Wildman–Crippen LogP) is -0.490. The first-order valence-electron chi connectivity index (χ1n) is 5.86. The Morgan fingerprint density at radius 1 is 1.14 bits per heavy atom. The van der Waals surface area contributed by atoms with Gasteiger partial charge in [-0.2, -0.15) is 0 Å². The fourth-order valence-corrected chi connectivity index (χ4v) is 1.97. The first-order valence-corrected chi connectivity index (χ1v) is 5.86. The summed E-state index contributed by atoms with van der Waals surface area (Å²) in [6, 6.07) is 0. The quantitative estimate of drug-likeness (QED) is 0.570. The van der Waals surface area contributed by atoms with E-state index < -0.39 is 42.2 Å². The average Bonchev–Trinajstić information content (AvgIpc) is 2.49. The first kappa shape index (κ1) is 13.2. The molecule has 1 fully saturated rings. The molecular formula is C12H9NO8. The Balaban J connectivity index is 2.19. The Morgan fingerprint density at radius 3 is 2.62 bits per heavy atom. The molecule has 0 saturated carbocycles. The van der Waals surface area contributed by atoms with Gasteiger partial charge in [-0.25, -0.2) is 9.59 Å². The van der Waals surface area contributed by atoms with Crippen molar-refractivity contribution >= 4 is 17.9 Å². The minimum atomic E-state index is -2.36. The summed E-state index contributed by atoms with van der Waals surface area (Å²) in [5.74, 6) is -4.18. The fourth-order valence-electron chi connectivity index (χ4n) is 1.97. The topological polar surface area (TPSA) is 123 Å². The van der Waals surface area contributed by atoms with Crippen LogP contribution >= 0.6 is 0 Å². The molecule has 9 heteroatoms. The largest absolute Gasteiger partial charge is 0.508 e. The number of esters is 2. The third-order valence-electron chi connectivity index (χ3n) is 2.94. The number of aliphatic hydroxyl groups is 2. The van der Waals surface area contributed by atoms with Crippen molar-refractivity contribution in [1.29, 1.82) is 0 Å². The number of hydroxylamine groups is 2. The lowest BCUT2D eigenvalue weighted by molar-refractivity contribution is -0.209. The van der Waals surface area contributed by atoms with Crippen LogP contribution in [0.5, 0.6) is 0 Å². The second kappa shape index (κ2) is 4.35. The summed E-state index contributed by atoms with van der Waals surface area (Å²) in [5.41, 5.74) is -2.36. The summed E-state index contributed by atoms with van der Waals surface area (Å²) < 4.78 is 9.87. The lowest BCUT2D eigenvalue weighted by Gasteiger charge is -2.32. The van der Waals surface area contributed by atoms with E-state index in [1.807, 2.05) is 0 Å². The second-order valence-corrected chi connectivity index (χ2v) is 4.59. The second-order valence-electron chi connectivity index (χ2n) is 4.59. The molecule has 21 heavy (non-hydrogen) atoms. The maximum absolute atomic E-state index is 12.0. The summed E-state index contributed by atoms with van der Waals surface area (Å²) in [6.45, 7) is 0. The number of aliphatic hydroxyl groups excluding tert-OH is 1. The molecule has 0 spiro atoms. The molecule has 0 aromatic rings. The normalized spacial score (nSPS) is 28.5. The van der Waals surface area contributed by atoms with Gasteiger partial charge in [-0.15, -0.1) is 5.06 Å². The van der Waals surface area contributed by atoms with Gasteiger partial charge in [0.05, 0.1) is 19.0 Å². The molecule has 0 aliphatic carbocycles. The number of carbonyl (C=O) groups is 3. The number of fused-ring (bicyclic) bond motifs is 2. The molecule has 3 aliphatic rings. The molecule has 2 N–H and O–H groups in total. The zero-order valence-corrected chi connectivity index (χ0v) is 10.4. The third kappa shape index (κ3) is 2.23. The van der Waals surface area contributed by atoms with Crippen molar-refractivity contribution in [1.82, 2.24) is 5.06 Å². The van der Waals surface area contributed by atoms with E-state index in [-0.39, 0.29) is 11.5 Å². The highest BCUT2D eigenvalue weighted by Gasteiger charge is 2.48. The summed E-state index contributed by atoms with van der Waals surface area (Å²) >= 11 is 0. The van der Waals surface area contributed by atoms with Gasteiger partial charge in [0, 0.05) is 6.08 Å². The van der Waals surface area contributed by atoms with E-state index in [9.17, 15) is 24.6 Å². The van der Waals surface area contributed by atoms with Crippen molar-refractivity contribution in [3.8, 4) is 0 Å². The summed E-state index contributed by atoms with van der Waals surface area (Å²) in [6.07, 6.45) is 1.69. The van der Waals surface area contributed by atoms with Gasteiger partial charge in [-0.3, -0.25) is 4.79 Å². The van der Waals surface area contributed by atoms with Gasteiger partial charge in [-0.05, 0) is 6.08 Å². The number of allylic oxidation sites excluding steroid dienone is 2. The van der Waals surface area contributed by atoms with Crippen LogP contribution in [-0.2, 0) is 28.7 Å². The Kier molecular flexibility index (Phi) is 2.73. The molecular weight excluding hydrogens is 286 g/mol. The molecule has 0 aromatic carbocycles. The van der Waals surface area contributed by atoms with Crippen LogP contribution in [0.2, 0.25) is 0 Å². The molecule has 1 unspecified atom stereocenters. The van der Waals surface area contributed by atoms with Gasteiger partial charge >= 0.3 is 17.9 Å². The third-order valence-corrected chi connectivity index (χ3v) is 2.94. The van der Waals surface area contributed by atoms with Crippen LogP contribution in [0.1, 0.15) is 12.8 Å². The van der Waals surface area contributed by atoms with Gasteiger partial charge in [0.15, 0.2) is 11.4 Å². The van der Waals surface area contributed by atoms with E-state index in [0.717, 1.165) is 23.4 Å². The highest BCUT2D eigenvalue weighted by atomic mass is 16.7. The lowest BCUT2D eigenvalue weighted by Crippen LogP contribution is -2.49. The van der Waals surface area contributed by atoms with Crippen molar-refractivity contribution in [2.24, 2.45) is 0 Å². The standard InChI is InChI=1S/C12H9NO8/c14-6-1-2-13-10-7(3-6)19-8(15)4-12(18,11(17)20-10)5-9(16)21-13/h1-3,14,18H,4-5H2. The Bertz CT molecular complexity index is 646. The molecule has 1 atom stereocenters.